The molecule has 30 heavy (non-hydrogen) atoms. The fourth-order valence-electron chi connectivity index (χ4n) is 2.75. The Kier molecular flexibility index (Phi) is 7.07. The number of esters is 1. The van der Waals surface area contributed by atoms with E-state index >= 15 is 0 Å². The summed E-state index contributed by atoms with van der Waals surface area (Å²) in [6, 6.07) is 14.8. The molecule has 2 amide bonds. The van der Waals surface area contributed by atoms with E-state index in [1.165, 1.54) is 18.3 Å². The monoisotopic (exact) mass is 444 g/mol. The van der Waals surface area contributed by atoms with Crippen LogP contribution in [0.4, 0.5) is 5.69 Å². The topological polar surface area (TPSA) is 84.5 Å². The van der Waals surface area contributed by atoms with Gasteiger partial charge in [0, 0.05) is 15.8 Å². The molecule has 0 saturated carbocycles. The van der Waals surface area contributed by atoms with E-state index in [9.17, 15) is 14.4 Å². The first-order valence-electron chi connectivity index (χ1n) is 9.43. The molecule has 1 heterocycles. The molecule has 0 bridgehead atoms. The van der Waals surface area contributed by atoms with E-state index in [4.69, 9.17) is 16.3 Å². The van der Waals surface area contributed by atoms with Gasteiger partial charge in [0.25, 0.3) is 11.8 Å². The molecule has 6 nitrogen and oxygen atoms in total. The maximum Gasteiger partial charge on any atom is 0.326 e. The van der Waals surface area contributed by atoms with Gasteiger partial charge in [-0.05, 0) is 37.1 Å². The lowest BCUT2D eigenvalue weighted by Crippen LogP contribution is -2.35. The number of nitrogens with one attached hydrogen (secondary N) is 2. The standard InChI is InChI=1S/C22H21ClN2O4S/c1-3-14-8-10-15(11-9-14)25-21(27)13(2)29-18(26)12-24-22(28)20-19(23)16-6-4-5-7-17(16)30-20/h4-11,13H,3,12H2,1-2H3,(H,24,28)(H,25,27). The minimum absolute atomic E-state index is 0.326. The predicted octanol–water partition coefficient (Wildman–Crippen LogP) is 4.42. The van der Waals surface area contributed by atoms with Gasteiger partial charge in [-0.25, -0.2) is 0 Å². The molecule has 1 atom stereocenters. The maximum atomic E-state index is 12.4. The van der Waals surface area contributed by atoms with Crippen LogP contribution >= 0.6 is 22.9 Å². The molecule has 1 unspecified atom stereocenters. The second-order valence-electron chi connectivity index (χ2n) is 6.60. The van der Waals surface area contributed by atoms with Gasteiger partial charge < -0.3 is 15.4 Å². The smallest absolute Gasteiger partial charge is 0.326 e. The number of carbonyl (C=O) groups excluding carboxylic acids is 3. The van der Waals surface area contributed by atoms with Gasteiger partial charge in [0.1, 0.15) is 11.4 Å². The van der Waals surface area contributed by atoms with Gasteiger partial charge in [-0.3, -0.25) is 14.4 Å². The highest BCUT2D eigenvalue weighted by atomic mass is 35.5. The van der Waals surface area contributed by atoms with Crippen LogP contribution in [-0.2, 0) is 20.7 Å². The summed E-state index contributed by atoms with van der Waals surface area (Å²) in [6.45, 7) is 3.15. The molecule has 0 aliphatic rings. The molecule has 0 radical (unpaired) electrons. The molecule has 8 heteroatoms. The highest BCUT2D eigenvalue weighted by Crippen LogP contribution is 2.34. The zero-order valence-corrected chi connectivity index (χ0v) is 18.1. The van der Waals surface area contributed by atoms with Crippen molar-refractivity contribution in [1.29, 1.82) is 0 Å². The molecule has 2 aromatic carbocycles. The predicted molar refractivity (Wildman–Crippen MR) is 119 cm³/mol. The molecule has 156 valence electrons. The minimum atomic E-state index is -1.01. The molecule has 2 N–H and O–H groups in total. The quantitative estimate of drug-likeness (QED) is 0.528. The summed E-state index contributed by atoms with van der Waals surface area (Å²) in [5, 5.41) is 6.32. The Morgan fingerprint density at radius 2 is 1.80 bits per heavy atom. The van der Waals surface area contributed by atoms with Crippen LogP contribution in [0.2, 0.25) is 5.02 Å². The molecule has 1 aromatic heterocycles. The molecular weight excluding hydrogens is 424 g/mol. The number of hydrogen-bond donors (Lipinski definition) is 2. The molecular formula is C22H21ClN2O4S. The number of amides is 2. The van der Waals surface area contributed by atoms with Crippen molar-refractivity contribution >= 4 is 56.5 Å². The van der Waals surface area contributed by atoms with Gasteiger partial charge in [0.15, 0.2) is 6.10 Å². The van der Waals surface area contributed by atoms with Gasteiger partial charge in [-0.2, -0.15) is 0 Å². The Balaban J connectivity index is 1.51. The average molecular weight is 445 g/mol. The van der Waals surface area contributed by atoms with E-state index in [0.29, 0.717) is 15.6 Å². The number of benzene rings is 2. The Bertz CT molecular complexity index is 1080. The van der Waals surface area contributed by atoms with Crippen LogP contribution in [0.5, 0.6) is 0 Å². The summed E-state index contributed by atoms with van der Waals surface area (Å²) < 4.78 is 5.99. The molecule has 0 spiro atoms. The van der Waals surface area contributed by atoms with Crippen molar-refractivity contribution in [1.82, 2.24) is 5.32 Å². The number of fused-ring (bicyclic) bond motifs is 1. The SMILES string of the molecule is CCc1ccc(NC(=O)C(C)OC(=O)CNC(=O)c2sc3ccccc3c2Cl)cc1. The normalized spacial score (nSPS) is 11.7. The Morgan fingerprint density at radius 1 is 1.10 bits per heavy atom. The Hall–Kier alpha value is -2.90. The number of ether oxygens (including phenoxy) is 1. The highest BCUT2D eigenvalue weighted by molar-refractivity contribution is 7.21. The zero-order valence-electron chi connectivity index (χ0n) is 16.5. The van der Waals surface area contributed by atoms with Crippen molar-refractivity contribution in [3.05, 3.63) is 64.0 Å². The van der Waals surface area contributed by atoms with Crippen LogP contribution in [0.15, 0.2) is 48.5 Å². The average Bonchev–Trinajstić information content (AvgIpc) is 3.09. The van der Waals surface area contributed by atoms with Gasteiger partial charge >= 0.3 is 5.97 Å². The zero-order chi connectivity index (χ0) is 21.7. The number of thiophene rings is 1. The second kappa shape index (κ2) is 9.73. The number of hydrogen-bond acceptors (Lipinski definition) is 5. The summed E-state index contributed by atoms with van der Waals surface area (Å²) in [4.78, 5) is 37.0. The summed E-state index contributed by atoms with van der Waals surface area (Å²) in [6.07, 6.45) is -0.103. The molecule has 0 aliphatic carbocycles. The minimum Gasteiger partial charge on any atom is -0.451 e. The van der Waals surface area contributed by atoms with E-state index in [1.54, 1.807) is 12.1 Å². The van der Waals surface area contributed by atoms with Crippen LogP contribution < -0.4 is 10.6 Å². The molecule has 0 aliphatic heterocycles. The number of rotatable bonds is 7. The first kappa shape index (κ1) is 21.8. The summed E-state index contributed by atoms with van der Waals surface area (Å²) >= 11 is 7.52. The number of carbonyl (C=O) groups is 3. The summed E-state index contributed by atoms with van der Waals surface area (Å²) in [5.41, 5.74) is 1.77. The Labute approximate surface area is 183 Å². The van der Waals surface area contributed by atoms with Gasteiger partial charge in [-0.1, -0.05) is 48.9 Å². The highest BCUT2D eigenvalue weighted by Gasteiger charge is 2.20. The van der Waals surface area contributed by atoms with Crippen LogP contribution in [0.1, 0.15) is 29.1 Å². The summed E-state index contributed by atoms with van der Waals surface area (Å²) in [7, 11) is 0. The fraction of sp³-hybridized carbons (Fsp3) is 0.227. The van der Waals surface area contributed by atoms with Crippen LogP contribution in [0, 0.1) is 0 Å². The van der Waals surface area contributed by atoms with Crippen molar-refractivity contribution in [2.45, 2.75) is 26.4 Å². The van der Waals surface area contributed by atoms with Crippen LogP contribution in [0.3, 0.4) is 0 Å². The molecule has 3 aromatic rings. The van der Waals surface area contributed by atoms with Gasteiger partial charge in [-0.15, -0.1) is 11.3 Å². The number of anilines is 1. The van der Waals surface area contributed by atoms with Crippen molar-refractivity contribution < 1.29 is 19.1 Å². The van der Waals surface area contributed by atoms with E-state index in [1.807, 2.05) is 43.3 Å². The third kappa shape index (κ3) is 5.17. The van der Waals surface area contributed by atoms with Crippen LogP contribution in [0.25, 0.3) is 10.1 Å². The number of aryl methyl sites for hydroxylation is 1. The molecule has 3 rings (SSSR count). The summed E-state index contributed by atoms with van der Waals surface area (Å²) in [5.74, 6) is -1.64. The van der Waals surface area contributed by atoms with E-state index in [2.05, 4.69) is 10.6 Å². The third-order valence-electron chi connectivity index (χ3n) is 4.44. The lowest BCUT2D eigenvalue weighted by molar-refractivity contribution is -0.152. The fourth-order valence-corrected chi connectivity index (χ4v) is 4.19. The second-order valence-corrected chi connectivity index (χ2v) is 8.03. The Morgan fingerprint density at radius 3 is 2.47 bits per heavy atom. The van der Waals surface area contributed by atoms with Crippen LogP contribution in [-0.4, -0.2) is 30.4 Å². The maximum absolute atomic E-state index is 12.4. The largest absolute Gasteiger partial charge is 0.451 e. The molecule has 0 fully saturated rings. The number of halogens is 1. The van der Waals surface area contributed by atoms with Crippen molar-refractivity contribution in [3.63, 3.8) is 0 Å². The van der Waals surface area contributed by atoms with Crippen molar-refractivity contribution in [3.8, 4) is 0 Å². The lowest BCUT2D eigenvalue weighted by Gasteiger charge is -2.14. The van der Waals surface area contributed by atoms with Crippen molar-refractivity contribution in [2.75, 3.05) is 11.9 Å². The van der Waals surface area contributed by atoms with E-state index in [0.717, 1.165) is 22.1 Å². The van der Waals surface area contributed by atoms with E-state index in [-0.39, 0.29) is 6.54 Å². The first-order chi connectivity index (χ1) is 14.4. The van der Waals surface area contributed by atoms with E-state index < -0.39 is 23.9 Å². The third-order valence-corrected chi connectivity index (χ3v) is 6.12. The van der Waals surface area contributed by atoms with Gasteiger partial charge in [0.05, 0.1) is 5.02 Å². The first-order valence-corrected chi connectivity index (χ1v) is 10.6. The molecule has 0 saturated heterocycles. The van der Waals surface area contributed by atoms with Gasteiger partial charge in [0.2, 0.25) is 0 Å². The van der Waals surface area contributed by atoms with Crippen molar-refractivity contribution in [2.24, 2.45) is 0 Å². The lowest BCUT2D eigenvalue weighted by atomic mass is 10.1.